The smallest absolute Gasteiger partial charge is 0.156 e. The van der Waals surface area contributed by atoms with Crippen LogP contribution in [0.5, 0.6) is 0 Å². The number of pyridine rings is 1. The van der Waals surface area contributed by atoms with E-state index >= 15 is 0 Å². The fourth-order valence-electron chi connectivity index (χ4n) is 1.48. The first-order valence-corrected chi connectivity index (χ1v) is 5.17. The summed E-state index contributed by atoms with van der Waals surface area (Å²) in [5.41, 5.74) is 8.62. The maximum atomic E-state index is 5.85. The Balaban J connectivity index is 2.74. The van der Waals surface area contributed by atoms with Crippen LogP contribution in [-0.2, 0) is 7.05 Å². The molecule has 0 saturated heterocycles. The predicted octanol–water partition coefficient (Wildman–Crippen LogP) is 1.53. The van der Waals surface area contributed by atoms with E-state index in [9.17, 15) is 0 Å². The topological polar surface area (TPSA) is 69.6 Å². The van der Waals surface area contributed by atoms with Gasteiger partial charge in [-0.3, -0.25) is 0 Å². The van der Waals surface area contributed by atoms with Gasteiger partial charge in [0.15, 0.2) is 4.60 Å². The molecule has 0 atom stereocenters. The van der Waals surface area contributed by atoms with Gasteiger partial charge < -0.3 is 5.73 Å². The Morgan fingerprint density at radius 3 is 2.73 bits per heavy atom. The van der Waals surface area contributed by atoms with Gasteiger partial charge in [-0.2, -0.15) is 0 Å². The summed E-state index contributed by atoms with van der Waals surface area (Å²) in [6.45, 7) is 1.98. The second-order valence-corrected chi connectivity index (χ2v) is 3.99. The minimum absolute atomic E-state index is 0.487. The number of aryl methyl sites for hydroxylation is 2. The molecule has 0 aromatic carbocycles. The van der Waals surface area contributed by atoms with Gasteiger partial charge >= 0.3 is 0 Å². The molecule has 0 spiro atoms. The zero-order chi connectivity index (χ0) is 11.0. The van der Waals surface area contributed by atoms with E-state index in [0.29, 0.717) is 10.4 Å². The lowest BCUT2D eigenvalue weighted by atomic mass is 10.1. The third kappa shape index (κ3) is 1.61. The summed E-state index contributed by atoms with van der Waals surface area (Å²) in [5.74, 6) is 0.487. The first-order chi connectivity index (χ1) is 7.11. The largest absolute Gasteiger partial charge is 0.383 e. The molecule has 2 heterocycles. The Morgan fingerprint density at radius 2 is 2.20 bits per heavy atom. The summed E-state index contributed by atoms with van der Waals surface area (Å²) in [6, 6.07) is 1.91. The summed E-state index contributed by atoms with van der Waals surface area (Å²) < 4.78 is 2.34. The van der Waals surface area contributed by atoms with E-state index in [4.69, 9.17) is 5.73 Å². The van der Waals surface area contributed by atoms with Crippen molar-refractivity contribution in [1.82, 2.24) is 20.0 Å². The quantitative estimate of drug-likeness (QED) is 0.851. The Hall–Kier alpha value is -1.43. The first-order valence-electron chi connectivity index (χ1n) is 4.38. The molecule has 78 valence electrons. The number of hydrogen-bond donors (Lipinski definition) is 1. The number of rotatable bonds is 1. The number of aromatic nitrogens is 4. The van der Waals surface area contributed by atoms with Crippen molar-refractivity contribution in [3.05, 3.63) is 22.4 Å². The minimum atomic E-state index is 0.487. The van der Waals surface area contributed by atoms with Gasteiger partial charge in [0.2, 0.25) is 0 Å². The molecule has 2 aromatic heterocycles. The summed E-state index contributed by atoms with van der Waals surface area (Å²) >= 11 is 3.34. The lowest BCUT2D eigenvalue weighted by Gasteiger charge is -2.08. The molecule has 0 unspecified atom stereocenters. The fraction of sp³-hybridized carbons (Fsp3) is 0.222. The Labute approximate surface area is 95.4 Å². The van der Waals surface area contributed by atoms with Crippen LogP contribution < -0.4 is 5.73 Å². The van der Waals surface area contributed by atoms with E-state index in [2.05, 4.69) is 31.2 Å². The van der Waals surface area contributed by atoms with Crippen LogP contribution in [0, 0.1) is 6.92 Å². The second-order valence-electron chi connectivity index (χ2n) is 3.24. The van der Waals surface area contributed by atoms with Gasteiger partial charge in [-0.15, -0.1) is 5.10 Å². The number of nitrogens with zero attached hydrogens (tertiary/aromatic N) is 4. The molecular weight excluding hydrogens is 258 g/mol. The van der Waals surface area contributed by atoms with E-state index in [0.717, 1.165) is 16.8 Å². The third-order valence-corrected chi connectivity index (χ3v) is 2.75. The summed E-state index contributed by atoms with van der Waals surface area (Å²) in [4.78, 5) is 4.07. The van der Waals surface area contributed by atoms with Gasteiger partial charge in [-0.1, -0.05) is 5.21 Å². The standard InChI is InChI=1S/C9H10BrN5/c1-5-3-4-12-9(11)6(5)7-8(10)13-14-15(7)2/h3-4H,1-2H3,(H2,11,12). The number of hydrogen-bond acceptors (Lipinski definition) is 4. The van der Waals surface area contributed by atoms with E-state index in [-0.39, 0.29) is 0 Å². The van der Waals surface area contributed by atoms with Crippen LogP contribution in [0.1, 0.15) is 5.56 Å². The average molecular weight is 268 g/mol. The van der Waals surface area contributed by atoms with Crippen molar-refractivity contribution in [3.63, 3.8) is 0 Å². The predicted molar refractivity (Wildman–Crippen MR) is 61.1 cm³/mol. The second kappa shape index (κ2) is 3.62. The van der Waals surface area contributed by atoms with E-state index in [1.54, 1.807) is 10.9 Å². The number of nitrogen functional groups attached to an aromatic ring is 1. The number of anilines is 1. The highest BCUT2D eigenvalue weighted by atomic mass is 79.9. The van der Waals surface area contributed by atoms with Crippen LogP contribution in [0.4, 0.5) is 5.82 Å². The molecule has 6 heteroatoms. The molecule has 2 aromatic rings. The number of nitrogens with two attached hydrogens (primary N) is 1. The maximum absolute atomic E-state index is 5.85. The van der Waals surface area contributed by atoms with Crippen molar-refractivity contribution >= 4 is 21.7 Å². The summed E-state index contributed by atoms with van der Waals surface area (Å²) in [6.07, 6.45) is 1.69. The third-order valence-electron chi connectivity index (χ3n) is 2.21. The molecular formula is C9H10BrN5. The maximum Gasteiger partial charge on any atom is 0.156 e. The summed E-state index contributed by atoms with van der Waals surface area (Å²) in [5, 5.41) is 7.83. The molecule has 5 nitrogen and oxygen atoms in total. The number of halogens is 1. The molecule has 15 heavy (non-hydrogen) atoms. The molecule has 0 saturated carbocycles. The summed E-state index contributed by atoms with van der Waals surface area (Å²) in [7, 11) is 1.82. The Morgan fingerprint density at radius 1 is 1.47 bits per heavy atom. The molecule has 0 fully saturated rings. The van der Waals surface area contributed by atoms with Crippen molar-refractivity contribution in [1.29, 1.82) is 0 Å². The lowest BCUT2D eigenvalue weighted by Crippen LogP contribution is -2.01. The van der Waals surface area contributed by atoms with Gasteiger partial charge in [-0.25, -0.2) is 9.67 Å². The van der Waals surface area contributed by atoms with Crippen molar-refractivity contribution in [3.8, 4) is 11.3 Å². The molecule has 0 aliphatic carbocycles. The highest BCUT2D eigenvalue weighted by molar-refractivity contribution is 9.10. The van der Waals surface area contributed by atoms with Crippen molar-refractivity contribution in [2.24, 2.45) is 7.05 Å². The van der Waals surface area contributed by atoms with E-state index < -0.39 is 0 Å². The van der Waals surface area contributed by atoms with Crippen molar-refractivity contribution < 1.29 is 0 Å². The van der Waals surface area contributed by atoms with Crippen molar-refractivity contribution in [2.45, 2.75) is 6.92 Å². The Bertz CT molecular complexity index is 465. The van der Waals surface area contributed by atoms with Gasteiger partial charge in [-0.05, 0) is 34.5 Å². The highest BCUT2D eigenvalue weighted by Gasteiger charge is 2.15. The van der Waals surface area contributed by atoms with Crippen LogP contribution in [0.15, 0.2) is 16.9 Å². The van der Waals surface area contributed by atoms with Gasteiger partial charge in [0.1, 0.15) is 11.5 Å². The van der Waals surface area contributed by atoms with Gasteiger partial charge in [0, 0.05) is 18.8 Å². The highest BCUT2D eigenvalue weighted by Crippen LogP contribution is 2.31. The molecule has 0 aliphatic rings. The first kappa shape index (κ1) is 10.1. The normalized spacial score (nSPS) is 10.6. The SMILES string of the molecule is Cc1ccnc(N)c1-c1c(Br)nnn1C. The van der Waals surface area contributed by atoms with E-state index in [1.807, 2.05) is 20.0 Å². The molecule has 0 amide bonds. The van der Waals surface area contributed by atoms with Crippen LogP contribution in [0.3, 0.4) is 0 Å². The molecule has 0 radical (unpaired) electrons. The van der Waals surface area contributed by atoms with E-state index in [1.165, 1.54) is 0 Å². The molecule has 2 N–H and O–H groups in total. The monoisotopic (exact) mass is 267 g/mol. The van der Waals surface area contributed by atoms with Crippen LogP contribution in [0.2, 0.25) is 0 Å². The van der Waals surface area contributed by atoms with Crippen LogP contribution in [0.25, 0.3) is 11.3 Å². The zero-order valence-corrected chi connectivity index (χ0v) is 9.98. The van der Waals surface area contributed by atoms with Crippen LogP contribution in [-0.4, -0.2) is 20.0 Å². The molecule has 0 bridgehead atoms. The zero-order valence-electron chi connectivity index (χ0n) is 8.40. The average Bonchev–Trinajstić information content (AvgIpc) is 2.49. The Kier molecular flexibility index (Phi) is 2.44. The van der Waals surface area contributed by atoms with Gasteiger partial charge in [0.05, 0.1) is 0 Å². The van der Waals surface area contributed by atoms with Crippen LogP contribution >= 0.6 is 15.9 Å². The fourth-order valence-corrected chi connectivity index (χ4v) is 2.01. The van der Waals surface area contributed by atoms with Gasteiger partial charge in [0.25, 0.3) is 0 Å². The molecule has 2 rings (SSSR count). The lowest BCUT2D eigenvalue weighted by molar-refractivity contribution is 0.719. The minimum Gasteiger partial charge on any atom is -0.383 e. The van der Waals surface area contributed by atoms with Crippen molar-refractivity contribution in [2.75, 3.05) is 5.73 Å². The molecule has 0 aliphatic heterocycles.